The van der Waals surface area contributed by atoms with E-state index in [1.165, 1.54) is 137 Å². The van der Waals surface area contributed by atoms with Gasteiger partial charge in [-0.25, -0.2) is 0 Å². The number of benzene rings is 15. The summed E-state index contributed by atoms with van der Waals surface area (Å²) in [6, 6.07) is 131. The van der Waals surface area contributed by atoms with Crippen molar-refractivity contribution in [1.82, 2.24) is 9.13 Å². The highest BCUT2D eigenvalue weighted by Gasteiger charge is 2.38. The van der Waals surface area contributed by atoms with Crippen LogP contribution in [0.4, 0.5) is 34.1 Å². The molecule has 0 N–H and O–H groups in total. The fraction of sp³-hybridized carbons (Fsp3) is 0.0755. The molecule has 19 aromatic rings. The van der Waals surface area contributed by atoms with Gasteiger partial charge in [-0.3, -0.25) is 0 Å². The quantitative estimate of drug-likeness (QED) is 0.115. The minimum atomic E-state index is -0.268. The second-order valence-corrected chi connectivity index (χ2v) is 32.6. The van der Waals surface area contributed by atoms with E-state index in [0.717, 1.165) is 86.1 Å². The van der Waals surface area contributed by atoms with Crippen molar-refractivity contribution < 1.29 is 4.42 Å². The fourth-order valence-corrected chi connectivity index (χ4v) is 19.8. The Labute approximate surface area is 655 Å². The Hall–Kier alpha value is -13.5. The molecule has 532 valence electrons. The van der Waals surface area contributed by atoms with Crippen LogP contribution in [0.1, 0.15) is 67.6 Å². The molecular weight excluding hydrogens is 1380 g/mol. The predicted octanol–water partition coefficient (Wildman–Crippen LogP) is 29.5. The van der Waals surface area contributed by atoms with Crippen molar-refractivity contribution in [2.75, 3.05) is 9.80 Å². The molecule has 0 spiro atoms. The van der Waals surface area contributed by atoms with E-state index < -0.39 is 0 Å². The first-order valence-electron chi connectivity index (χ1n) is 39.1. The molecule has 22 rings (SSSR count). The number of hydrogen-bond donors (Lipinski definition) is 0. The number of aromatic nitrogens is 2. The van der Waals surface area contributed by atoms with Gasteiger partial charge in [0.25, 0.3) is 0 Å². The van der Waals surface area contributed by atoms with Crippen LogP contribution in [0.25, 0.3) is 149 Å². The molecule has 0 amide bonds. The molecule has 15 aromatic carbocycles. The molecule has 0 bridgehead atoms. The van der Waals surface area contributed by atoms with Gasteiger partial charge in [-0.15, -0.1) is 11.3 Å². The molecule has 112 heavy (non-hydrogen) atoms. The summed E-state index contributed by atoms with van der Waals surface area (Å²) in [7, 11) is 0. The van der Waals surface area contributed by atoms with E-state index in [1.807, 2.05) is 11.3 Å². The van der Waals surface area contributed by atoms with Crippen LogP contribution in [0.3, 0.4) is 0 Å². The molecule has 0 saturated carbocycles. The van der Waals surface area contributed by atoms with Crippen LogP contribution < -0.4 is 9.80 Å². The number of furan rings is 1. The Bertz CT molecular complexity index is 6990. The maximum Gasteiger partial charge on any atom is 0.135 e. The average molecular weight is 1450 g/mol. The van der Waals surface area contributed by atoms with Crippen molar-refractivity contribution in [3.63, 3.8) is 0 Å². The molecule has 0 fully saturated rings. The Morgan fingerprint density at radius 1 is 0.321 bits per heavy atom. The van der Waals surface area contributed by atoms with Crippen molar-refractivity contribution in [3.8, 4) is 88.8 Å². The monoisotopic (exact) mass is 1450 g/mol. The van der Waals surface area contributed by atoms with Crippen molar-refractivity contribution in [2.45, 2.75) is 51.4 Å². The minimum Gasteiger partial charge on any atom is -0.456 e. The lowest BCUT2D eigenvalue weighted by atomic mass is 9.82. The Morgan fingerprint density at radius 2 is 0.804 bits per heavy atom. The number of allylic oxidation sites excluding steroid dienone is 1. The van der Waals surface area contributed by atoms with E-state index in [-0.39, 0.29) is 10.8 Å². The van der Waals surface area contributed by atoms with Crippen LogP contribution in [0.15, 0.2) is 362 Å². The SMILES string of the molecule is CC1(C)c2ccccc2-c2ccc(N(c3ccc(-c4ccc5c(c4)c4c(n5-c5ccccc5)CCC=C4)cc3)c3ccc(-c4cc5ccc(-c6ccc7c(c6)-c6ccc(N(c8ccc(-c9ccc%10c(c9)c9ccccc9n%10-c9ccccc9)cc8)c8ccc(-c9cc%10ccccc%10s9)cc8)cc6C7(C)C)cc5o4)cc3)cc21. The van der Waals surface area contributed by atoms with Gasteiger partial charge in [-0.2, -0.15) is 0 Å². The van der Waals surface area contributed by atoms with Crippen LogP contribution in [-0.4, -0.2) is 9.13 Å². The maximum atomic E-state index is 6.91. The third kappa shape index (κ3) is 10.6. The molecule has 0 aliphatic heterocycles. The van der Waals surface area contributed by atoms with Gasteiger partial charge < -0.3 is 23.4 Å². The van der Waals surface area contributed by atoms with Crippen molar-refractivity contribution in [3.05, 3.63) is 391 Å². The summed E-state index contributed by atoms with van der Waals surface area (Å²) in [5, 5.41) is 6.11. The summed E-state index contributed by atoms with van der Waals surface area (Å²) in [6.07, 6.45) is 6.72. The van der Waals surface area contributed by atoms with E-state index in [9.17, 15) is 0 Å². The van der Waals surface area contributed by atoms with E-state index in [2.05, 4.69) is 411 Å². The van der Waals surface area contributed by atoms with Gasteiger partial charge in [0, 0.05) is 104 Å². The third-order valence-electron chi connectivity index (χ3n) is 24.4. The lowest BCUT2D eigenvalue weighted by Crippen LogP contribution is -2.16. The van der Waals surface area contributed by atoms with Crippen LogP contribution >= 0.6 is 11.3 Å². The summed E-state index contributed by atoms with van der Waals surface area (Å²) in [5.74, 6) is 0.832. The van der Waals surface area contributed by atoms with Crippen molar-refractivity contribution in [1.29, 1.82) is 0 Å². The molecule has 5 nitrogen and oxygen atoms in total. The summed E-state index contributed by atoms with van der Waals surface area (Å²) >= 11 is 1.85. The highest BCUT2D eigenvalue weighted by atomic mass is 32.1. The molecule has 0 saturated heterocycles. The summed E-state index contributed by atoms with van der Waals surface area (Å²) in [6.45, 7) is 9.49. The number of rotatable bonds is 13. The molecule has 6 heteroatoms. The molecular formula is C106H76N4OS. The zero-order valence-electron chi connectivity index (χ0n) is 62.7. The largest absolute Gasteiger partial charge is 0.456 e. The molecule has 0 radical (unpaired) electrons. The lowest BCUT2D eigenvalue weighted by molar-refractivity contribution is 0.631. The van der Waals surface area contributed by atoms with Gasteiger partial charge in [0.1, 0.15) is 11.3 Å². The molecule has 4 aromatic heterocycles. The summed E-state index contributed by atoms with van der Waals surface area (Å²) < 4.78 is 13.0. The molecule has 0 atom stereocenters. The maximum absolute atomic E-state index is 6.91. The normalized spacial score (nSPS) is 13.6. The second kappa shape index (κ2) is 25.5. The predicted molar refractivity (Wildman–Crippen MR) is 472 cm³/mol. The highest BCUT2D eigenvalue weighted by Crippen LogP contribution is 2.54. The van der Waals surface area contributed by atoms with Gasteiger partial charge in [-0.1, -0.05) is 222 Å². The molecule has 0 unspecified atom stereocenters. The first kappa shape index (κ1) is 65.6. The van der Waals surface area contributed by atoms with Gasteiger partial charge in [0.15, 0.2) is 0 Å². The second-order valence-electron chi connectivity index (χ2n) is 31.5. The van der Waals surface area contributed by atoms with Crippen LogP contribution in [0, 0.1) is 0 Å². The standard InChI is InChI=1S/C106H76N4OS/c1-105(2)93-27-15-12-24-85(93)86-54-52-83(65-95(86)105)107(79-44-33-67(34-45-79)71-42-57-99-91(60-71)88-25-13-16-28-97(88)109(99)77-20-7-5-8-21-77)81-48-37-69(38-49-81)101-63-75-32-31-74(62-102(75)111-101)73-41-56-94-90(59-73)87-55-53-84(66-96(87)106(94,3)4)108(82-50-39-70(40-51-82)104-64-76-19-11-18-30-103(76)112-104)80-46-35-68(36-47-80)72-43-58-100-92(61-72)89-26-14-17-29-98(89)110(100)78-22-9-6-10-23-78/h5-15,17-27,29-66H,16,28H2,1-4H3. The van der Waals surface area contributed by atoms with E-state index in [0.29, 0.717) is 0 Å². The number of thiophene rings is 1. The molecule has 3 aliphatic rings. The lowest BCUT2D eigenvalue weighted by Gasteiger charge is -2.28. The number of hydrogen-bond acceptors (Lipinski definition) is 4. The Balaban J connectivity index is 0.571. The van der Waals surface area contributed by atoms with E-state index in [4.69, 9.17) is 4.42 Å². The highest BCUT2D eigenvalue weighted by molar-refractivity contribution is 7.22. The van der Waals surface area contributed by atoms with Gasteiger partial charge >= 0.3 is 0 Å². The average Bonchev–Trinajstić information content (AvgIpc) is 1.61. The number of para-hydroxylation sites is 3. The van der Waals surface area contributed by atoms with E-state index >= 15 is 0 Å². The first-order chi connectivity index (χ1) is 55.0. The fourth-order valence-electron chi connectivity index (χ4n) is 18.7. The third-order valence-corrected chi connectivity index (χ3v) is 25.6. The van der Waals surface area contributed by atoms with Crippen molar-refractivity contribution >= 4 is 105 Å². The summed E-state index contributed by atoms with van der Waals surface area (Å²) in [5.41, 5.74) is 35.4. The van der Waals surface area contributed by atoms with E-state index in [1.54, 1.807) is 0 Å². The zero-order valence-corrected chi connectivity index (χ0v) is 63.5. The number of nitrogens with zero attached hydrogens (tertiary/aromatic N) is 4. The van der Waals surface area contributed by atoms with Gasteiger partial charge in [-0.05, 0) is 272 Å². The van der Waals surface area contributed by atoms with Gasteiger partial charge in [0.05, 0.1) is 16.6 Å². The Morgan fingerprint density at radius 3 is 1.46 bits per heavy atom. The smallest absolute Gasteiger partial charge is 0.135 e. The van der Waals surface area contributed by atoms with Crippen LogP contribution in [0.5, 0.6) is 0 Å². The molecule has 4 heterocycles. The van der Waals surface area contributed by atoms with Gasteiger partial charge in [0.2, 0.25) is 0 Å². The first-order valence-corrected chi connectivity index (χ1v) is 39.9. The molecule has 3 aliphatic carbocycles. The summed E-state index contributed by atoms with van der Waals surface area (Å²) in [4.78, 5) is 6.11. The topological polar surface area (TPSA) is 29.5 Å². The number of anilines is 6. The van der Waals surface area contributed by atoms with Crippen molar-refractivity contribution in [2.24, 2.45) is 0 Å². The minimum absolute atomic E-state index is 0.160. The van der Waals surface area contributed by atoms with Crippen LogP contribution in [0.2, 0.25) is 0 Å². The zero-order chi connectivity index (χ0) is 74.5. The van der Waals surface area contributed by atoms with Crippen LogP contribution in [-0.2, 0) is 17.3 Å². The number of fused-ring (bicyclic) bond motifs is 14. The Kier molecular flexibility index (Phi) is 14.9.